The van der Waals surface area contributed by atoms with Crippen LogP contribution in [-0.4, -0.2) is 37.2 Å². The number of unbranched alkanes of at least 4 members (excludes halogenated alkanes) is 36. The van der Waals surface area contributed by atoms with Crippen LogP contribution in [0.5, 0.6) is 0 Å². The van der Waals surface area contributed by atoms with E-state index in [1.165, 1.54) is 154 Å². The Hall–Kier alpha value is -3.67. The molecule has 0 rings (SSSR count). The summed E-state index contributed by atoms with van der Waals surface area (Å²) in [5, 5.41) is 0. The van der Waals surface area contributed by atoms with Crippen molar-refractivity contribution in [1.82, 2.24) is 0 Å². The van der Waals surface area contributed by atoms with Gasteiger partial charge in [-0.15, -0.1) is 0 Å². The second kappa shape index (κ2) is 68.8. The van der Waals surface area contributed by atoms with Crippen LogP contribution >= 0.6 is 0 Å². The quantitative estimate of drug-likeness (QED) is 0.0261. The molecule has 6 heteroatoms. The highest BCUT2D eigenvalue weighted by Gasteiger charge is 2.19. The predicted molar refractivity (Wildman–Crippen MR) is 353 cm³/mol. The summed E-state index contributed by atoms with van der Waals surface area (Å²) in [6.45, 7) is 6.43. The van der Waals surface area contributed by atoms with Crippen molar-refractivity contribution in [2.24, 2.45) is 0 Å². The molecular weight excluding hydrogens is 997 g/mol. The third kappa shape index (κ3) is 67.0. The fourth-order valence-electron chi connectivity index (χ4n) is 9.96. The molecule has 81 heavy (non-hydrogen) atoms. The smallest absolute Gasteiger partial charge is 0.306 e. The second-order valence-electron chi connectivity index (χ2n) is 23.0. The van der Waals surface area contributed by atoms with Gasteiger partial charge >= 0.3 is 17.9 Å². The van der Waals surface area contributed by atoms with Gasteiger partial charge in [0.1, 0.15) is 13.2 Å². The Morgan fingerprint density at radius 2 is 0.481 bits per heavy atom. The van der Waals surface area contributed by atoms with Gasteiger partial charge in [-0.05, 0) is 96.3 Å². The monoisotopic (exact) mass is 1130 g/mol. The Balaban J connectivity index is 4.32. The van der Waals surface area contributed by atoms with Crippen molar-refractivity contribution in [2.75, 3.05) is 13.2 Å². The maximum absolute atomic E-state index is 12.9. The van der Waals surface area contributed by atoms with E-state index >= 15 is 0 Å². The van der Waals surface area contributed by atoms with Crippen LogP contribution in [0.1, 0.15) is 342 Å². The van der Waals surface area contributed by atoms with Gasteiger partial charge in [-0.1, -0.05) is 323 Å². The number of rotatable bonds is 63. The molecule has 0 bridgehead atoms. The van der Waals surface area contributed by atoms with Crippen LogP contribution in [0, 0.1) is 0 Å². The molecule has 0 spiro atoms. The summed E-state index contributed by atoms with van der Waals surface area (Å²) in [6.07, 6.45) is 92.9. The van der Waals surface area contributed by atoms with Gasteiger partial charge in [-0.3, -0.25) is 14.4 Å². The molecule has 0 N–H and O–H groups in total. The summed E-state index contributed by atoms with van der Waals surface area (Å²) in [6, 6.07) is 0. The van der Waals surface area contributed by atoms with Gasteiger partial charge in [0.2, 0.25) is 0 Å². The first-order valence-electron chi connectivity index (χ1n) is 34.7. The summed E-state index contributed by atoms with van der Waals surface area (Å²) in [5.41, 5.74) is 0. The summed E-state index contributed by atoms with van der Waals surface area (Å²) in [5.74, 6) is -0.911. The lowest BCUT2D eigenvalue weighted by molar-refractivity contribution is -0.167. The summed E-state index contributed by atoms with van der Waals surface area (Å²) < 4.78 is 16.9. The van der Waals surface area contributed by atoms with Crippen LogP contribution in [-0.2, 0) is 28.6 Å². The van der Waals surface area contributed by atoms with E-state index in [1.807, 2.05) is 0 Å². The minimum atomic E-state index is -0.797. The topological polar surface area (TPSA) is 78.9 Å². The average molecular weight is 1130 g/mol. The molecular formula is C75H130O6. The van der Waals surface area contributed by atoms with Gasteiger partial charge in [-0.25, -0.2) is 0 Å². The zero-order chi connectivity index (χ0) is 58.5. The number of esters is 3. The fourth-order valence-corrected chi connectivity index (χ4v) is 9.96. The van der Waals surface area contributed by atoms with Crippen molar-refractivity contribution < 1.29 is 28.6 Å². The maximum Gasteiger partial charge on any atom is 0.306 e. The molecule has 466 valence electrons. The van der Waals surface area contributed by atoms with Gasteiger partial charge in [0.25, 0.3) is 0 Å². The molecule has 0 aliphatic rings. The van der Waals surface area contributed by atoms with E-state index in [-0.39, 0.29) is 31.1 Å². The Morgan fingerprint density at radius 3 is 0.753 bits per heavy atom. The lowest BCUT2D eigenvalue weighted by Crippen LogP contribution is -2.30. The van der Waals surface area contributed by atoms with Crippen LogP contribution in [0.15, 0.2) is 97.2 Å². The minimum Gasteiger partial charge on any atom is -0.462 e. The number of ether oxygens (including phenoxy) is 3. The lowest BCUT2D eigenvalue weighted by Gasteiger charge is -2.18. The van der Waals surface area contributed by atoms with Crippen LogP contribution in [0.4, 0.5) is 0 Å². The van der Waals surface area contributed by atoms with Crippen LogP contribution in [0.3, 0.4) is 0 Å². The van der Waals surface area contributed by atoms with Gasteiger partial charge < -0.3 is 14.2 Å². The Morgan fingerprint density at radius 1 is 0.259 bits per heavy atom. The first kappa shape index (κ1) is 77.3. The van der Waals surface area contributed by atoms with E-state index < -0.39 is 6.10 Å². The zero-order valence-corrected chi connectivity index (χ0v) is 53.5. The maximum atomic E-state index is 12.9. The minimum absolute atomic E-state index is 0.0891. The summed E-state index contributed by atoms with van der Waals surface area (Å²) >= 11 is 0. The lowest BCUT2D eigenvalue weighted by atomic mass is 10.0. The second-order valence-corrected chi connectivity index (χ2v) is 23.0. The summed E-state index contributed by atoms with van der Waals surface area (Å²) in [7, 11) is 0. The standard InChI is InChI=1S/C75H130O6/c1-4-7-10-13-16-19-22-25-28-30-32-34-35-36-37-38-39-41-42-44-47-50-53-56-59-62-65-68-74(77)80-71-72(70-79-73(76)67-64-61-58-55-52-49-46-27-24-21-18-15-12-9-6-3)81-75(78)69-66-63-60-57-54-51-48-45-43-40-33-31-29-26-23-20-17-14-11-8-5-2/h8-9,11-12,17-18,20-21,26-27,29,33,40,45-46,48,72H,4-7,10,13-16,19,22-25,28,30-32,34-39,41-44,47,49-71H2,1-3H3/b11-8-,12-9-,20-17-,21-18-,29-26-,40-33-,46-27-,48-45-. The average Bonchev–Trinajstić information content (AvgIpc) is 3.47. The molecule has 0 aliphatic carbocycles. The molecule has 6 nitrogen and oxygen atoms in total. The number of hydrogen-bond donors (Lipinski definition) is 0. The van der Waals surface area contributed by atoms with E-state index in [0.29, 0.717) is 19.3 Å². The molecule has 0 aliphatic heterocycles. The molecule has 0 aromatic heterocycles. The Bertz CT molecular complexity index is 1580. The highest BCUT2D eigenvalue weighted by atomic mass is 16.6. The first-order valence-corrected chi connectivity index (χ1v) is 34.7. The van der Waals surface area contributed by atoms with Crippen molar-refractivity contribution in [1.29, 1.82) is 0 Å². The van der Waals surface area contributed by atoms with Crippen molar-refractivity contribution in [2.45, 2.75) is 348 Å². The molecule has 0 amide bonds. The van der Waals surface area contributed by atoms with Crippen LogP contribution in [0.2, 0.25) is 0 Å². The predicted octanol–water partition coefficient (Wildman–Crippen LogP) is 24.0. The number of carbonyl (C=O) groups is 3. The molecule has 0 aromatic carbocycles. The van der Waals surface area contributed by atoms with Crippen molar-refractivity contribution in [3.8, 4) is 0 Å². The molecule has 0 radical (unpaired) electrons. The van der Waals surface area contributed by atoms with E-state index in [4.69, 9.17) is 14.2 Å². The fraction of sp³-hybridized carbons (Fsp3) is 0.747. The van der Waals surface area contributed by atoms with E-state index in [1.54, 1.807) is 0 Å². The molecule has 1 unspecified atom stereocenters. The highest BCUT2D eigenvalue weighted by Crippen LogP contribution is 2.18. The molecule has 0 heterocycles. The number of hydrogen-bond acceptors (Lipinski definition) is 6. The van der Waals surface area contributed by atoms with Crippen LogP contribution < -0.4 is 0 Å². The SMILES string of the molecule is CC/C=C\C/C=C\C/C=C\C/C=C\C/C=C\CCCCCCCC(=O)OC(COC(=O)CCCCCCC/C=C\C/C=C\C/C=C\CC)COC(=O)CCCCCCCCCCCCCCCCCCCCCCCCCCCCC. The van der Waals surface area contributed by atoms with Gasteiger partial charge in [-0.2, -0.15) is 0 Å². The number of allylic oxidation sites excluding steroid dienone is 16. The molecule has 0 saturated heterocycles. The van der Waals surface area contributed by atoms with Crippen molar-refractivity contribution >= 4 is 17.9 Å². The largest absolute Gasteiger partial charge is 0.462 e. The van der Waals surface area contributed by atoms with Crippen molar-refractivity contribution in [3.05, 3.63) is 97.2 Å². The normalized spacial score (nSPS) is 12.7. The molecule has 0 fully saturated rings. The Kier molecular flexibility index (Phi) is 65.7. The van der Waals surface area contributed by atoms with E-state index in [0.717, 1.165) is 148 Å². The van der Waals surface area contributed by atoms with Gasteiger partial charge in [0.15, 0.2) is 6.10 Å². The van der Waals surface area contributed by atoms with Gasteiger partial charge in [0, 0.05) is 19.3 Å². The van der Waals surface area contributed by atoms with Gasteiger partial charge in [0.05, 0.1) is 0 Å². The number of carbonyl (C=O) groups excluding carboxylic acids is 3. The summed E-state index contributed by atoms with van der Waals surface area (Å²) in [4.78, 5) is 38.4. The highest BCUT2D eigenvalue weighted by molar-refractivity contribution is 5.71. The van der Waals surface area contributed by atoms with E-state index in [9.17, 15) is 14.4 Å². The molecule has 0 saturated carbocycles. The van der Waals surface area contributed by atoms with Crippen LogP contribution in [0.25, 0.3) is 0 Å². The van der Waals surface area contributed by atoms with Crippen molar-refractivity contribution in [3.63, 3.8) is 0 Å². The molecule has 1 atom stereocenters. The third-order valence-electron chi connectivity index (χ3n) is 15.1. The van der Waals surface area contributed by atoms with E-state index in [2.05, 4.69) is 118 Å². The Labute approximate surface area is 502 Å². The molecule has 0 aromatic rings. The third-order valence-corrected chi connectivity index (χ3v) is 15.1. The first-order chi connectivity index (χ1) is 40.0. The zero-order valence-electron chi connectivity index (χ0n) is 53.5.